The first-order valence-electron chi connectivity index (χ1n) is 6.92. The van der Waals surface area contributed by atoms with E-state index in [4.69, 9.17) is 15.2 Å². The molecule has 0 spiro atoms. The van der Waals surface area contributed by atoms with Gasteiger partial charge < -0.3 is 20.1 Å². The molecule has 0 unspecified atom stereocenters. The summed E-state index contributed by atoms with van der Waals surface area (Å²) in [5.41, 5.74) is 8.58. The Hall–Kier alpha value is -1.71. The van der Waals surface area contributed by atoms with Gasteiger partial charge in [0.2, 0.25) is 0 Å². The highest BCUT2D eigenvalue weighted by molar-refractivity contribution is 9.10. The maximum Gasteiger partial charge on any atom is 0.260 e. The van der Waals surface area contributed by atoms with Crippen LogP contribution in [0.25, 0.3) is 0 Å². The molecule has 0 aliphatic carbocycles. The molecule has 1 heterocycles. The molecular formula is C14H17BrN4O3S. The van der Waals surface area contributed by atoms with Crippen molar-refractivity contribution in [3.05, 3.63) is 28.2 Å². The van der Waals surface area contributed by atoms with E-state index in [0.29, 0.717) is 32.1 Å². The van der Waals surface area contributed by atoms with Crippen LogP contribution in [0.1, 0.15) is 5.56 Å². The largest absolute Gasteiger partial charge is 0.483 e. The number of morpholine rings is 1. The number of carbonyl (C=O) groups excluding carboxylic acids is 1. The maximum absolute atomic E-state index is 12.0. The zero-order valence-corrected chi connectivity index (χ0v) is 14.7. The second-order valence-corrected chi connectivity index (χ2v) is 6.00. The van der Waals surface area contributed by atoms with Crippen LogP contribution in [0.2, 0.25) is 0 Å². The molecule has 1 amide bonds. The summed E-state index contributed by atoms with van der Waals surface area (Å²) < 4.78 is 11.5. The minimum atomic E-state index is -0.0495. The third kappa shape index (κ3) is 5.77. The second kappa shape index (κ2) is 8.80. The molecule has 124 valence electrons. The van der Waals surface area contributed by atoms with Crippen molar-refractivity contribution in [2.45, 2.75) is 0 Å². The van der Waals surface area contributed by atoms with Crippen molar-refractivity contribution in [1.29, 1.82) is 0 Å². The summed E-state index contributed by atoms with van der Waals surface area (Å²) in [6.45, 7) is 2.35. The van der Waals surface area contributed by atoms with E-state index in [0.717, 1.165) is 10.0 Å². The molecule has 3 N–H and O–H groups in total. The maximum atomic E-state index is 12.0. The summed E-state index contributed by atoms with van der Waals surface area (Å²) in [6, 6.07) is 5.39. The first-order valence-corrected chi connectivity index (χ1v) is 8.13. The van der Waals surface area contributed by atoms with Crippen molar-refractivity contribution in [3.63, 3.8) is 0 Å². The SMILES string of the molecule is NC(=S)N/N=C\c1ccc(OCC(=O)N2CCOCC2)c(Br)c1. The molecule has 1 aromatic rings. The zero-order valence-electron chi connectivity index (χ0n) is 12.3. The van der Waals surface area contributed by atoms with Gasteiger partial charge in [-0.25, -0.2) is 0 Å². The van der Waals surface area contributed by atoms with Crippen LogP contribution in [-0.2, 0) is 9.53 Å². The molecule has 1 aromatic carbocycles. The fourth-order valence-electron chi connectivity index (χ4n) is 1.93. The van der Waals surface area contributed by atoms with Gasteiger partial charge in [0, 0.05) is 13.1 Å². The Morgan fingerprint density at radius 2 is 2.26 bits per heavy atom. The number of halogens is 1. The molecule has 0 aromatic heterocycles. The number of nitrogens with zero attached hydrogens (tertiary/aromatic N) is 2. The van der Waals surface area contributed by atoms with Crippen LogP contribution in [-0.4, -0.2) is 55.0 Å². The topological polar surface area (TPSA) is 89.2 Å². The van der Waals surface area contributed by atoms with Gasteiger partial charge in [-0.05, 0) is 51.9 Å². The quantitative estimate of drug-likeness (QED) is 0.432. The van der Waals surface area contributed by atoms with Crippen molar-refractivity contribution >= 4 is 45.4 Å². The number of rotatable bonds is 5. The number of hydrazone groups is 1. The van der Waals surface area contributed by atoms with Gasteiger partial charge >= 0.3 is 0 Å². The third-order valence-corrected chi connectivity index (χ3v) is 3.77. The van der Waals surface area contributed by atoms with E-state index >= 15 is 0 Å². The highest BCUT2D eigenvalue weighted by Gasteiger charge is 2.17. The number of hydrogen-bond donors (Lipinski definition) is 2. The predicted octanol–water partition coefficient (Wildman–Crippen LogP) is 0.854. The van der Waals surface area contributed by atoms with Crippen LogP contribution in [0.15, 0.2) is 27.8 Å². The summed E-state index contributed by atoms with van der Waals surface area (Å²) in [6.07, 6.45) is 1.58. The van der Waals surface area contributed by atoms with Gasteiger partial charge in [-0.2, -0.15) is 5.10 Å². The summed E-state index contributed by atoms with van der Waals surface area (Å²) in [5.74, 6) is 0.539. The predicted molar refractivity (Wildman–Crippen MR) is 94.6 cm³/mol. The number of ether oxygens (including phenoxy) is 2. The standard InChI is InChI=1S/C14H17BrN4O3S/c15-11-7-10(8-17-18-14(16)23)1-2-12(11)22-9-13(20)19-3-5-21-6-4-19/h1-2,7-8H,3-6,9H2,(H3,16,18,23)/b17-8-. The molecule has 1 aliphatic heterocycles. The van der Waals surface area contributed by atoms with Crippen LogP contribution in [0.4, 0.5) is 0 Å². The Morgan fingerprint density at radius 1 is 1.52 bits per heavy atom. The van der Waals surface area contributed by atoms with Crippen LogP contribution < -0.4 is 15.9 Å². The number of benzene rings is 1. The third-order valence-electron chi connectivity index (χ3n) is 3.06. The fourth-order valence-corrected chi connectivity index (χ4v) is 2.49. The second-order valence-electron chi connectivity index (χ2n) is 4.71. The van der Waals surface area contributed by atoms with Gasteiger partial charge in [-0.3, -0.25) is 10.2 Å². The Kier molecular flexibility index (Phi) is 6.75. The van der Waals surface area contributed by atoms with Gasteiger partial charge in [-0.1, -0.05) is 0 Å². The summed E-state index contributed by atoms with van der Waals surface area (Å²) >= 11 is 8.06. The molecule has 23 heavy (non-hydrogen) atoms. The number of nitrogens with one attached hydrogen (secondary N) is 1. The van der Waals surface area contributed by atoms with Crippen molar-refractivity contribution in [2.24, 2.45) is 10.8 Å². The Labute approximate surface area is 147 Å². The Bertz CT molecular complexity index is 606. The van der Waals surface area contributed by atoms with Gasteiger partial charge in [0.1, 0.15) is 5.75 Å². The van der Waals surface area contributed by atoms with E-state index in [1.807, 2.05) is 12.1 Å². The van der Waals surface area contributed by atoms with Crippen LogP contribution in [0, 0.1) is 0 Å². The highest BCUT2D eigenvalue weighted by atomic mass is 79.9. The van der Waals surface area contributed by atoms with Crippen LogP contribution >= 0.6 is 28.1 Å². The van der Waals surface area contributed by atoms with E-state index in [9.17, 15) is 4.79 Å². The average molecular weight is 401 g/mol. The lowest BCUT2D eigenvalue weighted by Crippen LogP contribution is -2.43. The molecule has 0 saturated carbocycles. The first kappa shape index (κ1) is 17.6. The van der Waals surface area contributed by atoms with E-state index in [-0.39, 0.29) is 17.6 Å². The summed E-state index contributed by atoms with van der Waals surface area (Å²) in [7, 11) is 0. The van der Waals surface area contributed by atoms with E-state index in [1.54, 1.807) is 17.2 Å². The number of thiocarbonyl (C=S) groups is 1. The number of carbonyl (C=O) groups is 1. The van der Waals surface area contributed by atoms with Crippen molar-refractivity contribution in [1.82, 2.24) is 10.3 Å². The molecule has 0 radical (unpaired) electrons. The Morgan fingerprint density at radius 3 is 2.91 bits per heavy atom. The number of amides is 1. The van der Waals surface area contributed by atoms with E-state index in [2.05, 4.69) is 38.7 Å². The van der Waals surface area contributed by atoms with Crippen molar-refractivity contribution < 1.29 is 14.3 Å². The minimum Gasteiger partial charge on any atom is -0.483 e. The average Bonchev–Trinajstić information content (AvgIpc) is 2.54. The summed E-state index contributed by atoms with van der Waals surface area (Å²) in [5, 5.41) is 3.97. The number of hydrogen-bond acceptors (Lipinski definition) is 5. The smallest absolute Gasteiger partial charge is 0.260 e. The van der Waals surface area contributed by atoms with E-state index in [1.165, 1.54) is 0 Å². The van der Waals surface area contributed by atoms with Crippen molar-refractivity contribution in [3.8, 4) is 5.75 Å². The monoisotopic (exact) mass is 400 g/mol. The van der Waals surface area contributed by atoms with Crippen LogP contribution in [0.5, 0.6) is 5.75 Å². The molecule has 1 saturated heterocycles. The normalized spacial score (nSPS) is 14.7. The van der Waals surface area contributed by atoms with Gasteiger partial charge in [0.15, 0.2) is 11.7 Å². The highest BCUT2D eigenvalue weighted by Crippen LogP contribution is 2.25. The molecule has 1 fully saturated rings. The minimum absolute atomic E-state index is 0.00493. The lowest BCUT2D eigenvalue weighted by atomic mass is 10.2. The zero-order chi connectivity index (χ0) is 16.7. The molecule has 7 nitrogen and oxygen atoms in total. The molecule has 0 bridgehead atoms. The summed E-state index contributed by atoms with van der Waals surface area (Å²) in [4.78, 5) is 13.8. The number of nitrogens with two attached hydrogens (primary N) is 1. The van der Waals surface area contributed by atoms with Crippen molar-refractivity contribution in [2.75, 3.05) is 32.9 Å². The lowest BCUT2D eigenvalue weighted by molar-refractivity contribution is -0.137. The molecule has 2 rings (SSSR count). The fraction of sp³-hybridized carbons (Fsp3) is 0.357. The lowest BCUT2D eigenvalue weighted by Gasteiger charge is -2.26. The first-order chi connectivity index (χ1) is 11.1. The Balaban J connectivity index is 1.89. The molecule has 1 aliphatic rings. The molecule has 0 atom stereocenters. The van der Waals surface area contributed by atoms with E-state index < -0.39 is 0 Å². The van der Waals surface area contributed by atoms with Gasteiger partial charge in [0.05, 0.1) is 23.9 Å². The van der Waals surface area contributed by atoms with Gasteiger partial charge in [0.25, 0.3) is 5.91 Å². The molecular weight excluding hydrogens is 384 g/mol. The van der Waals surface area contributed by atoms with Crippen LogP contribution in [0.3, 0.4) is 0 Å². The van der Waals surface area contributed by atoms with Gasteiger partial charge in [-0.15, -0.1) is 0 Å². The molecule has 9 heteroatoms.